The van der Waals surface area contributed by atoms with Crippen molar-refractivity contribution in [3.05, 3.63) is 23.8 Å². The molecule has 156 valence electrons. The summed E-state index contributed by atoms with van der Waals surface area (Å²) in [5, 5.41) is 0. The zero-order chi connectivity index (χ0) is 19.8. The average Bonchev–Trinajstić information content (AvgIpc) is 2.67. The van der Waals surface area contributed by atoms with Gasteiger partial charge in [0.25, 0.3) is 0 Å². The summed E-state index contributed by atoms with van der Waals surface area (Å²) in [5.41, 5.74) is 3.02. The van der Waals surface area contributed by atoms with Crippen LogP contribution in [0.4, 0.5) is 0 Å². The molecule has 1 fully saturated rings. The van der Waals surface area contributed by atoms with Crippen LogP contribution >= 0.6 is 0 Å². The molecule has 2 aliphatic rings. The van der Waals surface area contributed by atoms with Gasteiger partial charge in [0.1, 0.15) is 0 Å². The van der Waals surface area contributed by atoms with Crippen LogP contribution in [0.5, 0.6) is 0 Å². The minimum absolute atomic E-state index is 0.869. The van der Waals surface area contributed by atoms with Crippen LogP contribution < -0.4 is 0 Å². The summed E-state index contributed by atoms with van der Waals surface area (Å²) in [6, 6.07) is 0. The Hall–Kier alpha value is -0.520. The SMILES string of the molecule is C=C(C)CCCC1CCCC2C/C=C(\C)CC(C)CCC(C)C2CCC1C. The summed E-state index contributed by atoms with van der Waals surface area (Å²) in [4.78, 5) is 0. The fraction of sp³-hybridized carbons (Fsp3) is 0.852. The number of allylic oxidation sites excluding steroid dienone is 3. The van der Waals surface area contributed by atoms with E-state index in [4.69, 9.17) is 0 Å². The second-order valence-corrected chi connectivity index (χ2v) is 10.7. The Morgan fingerprint density at radius 3 is 2.48 bits per heavy atom. The first-order valence-electron chi connectivity index (χ1n) is 12.2. The lowest BCUT2D eigenvalue weighted by atomic mass is 9.72. The van der Waals surface area contributed by atoms with Gasteiger partial charge in [-0.05, 0) is 94.3 Å². The Morgan fingerprint density at radius 2 is 1.74 bits per heavy atom. The van der Waals surface area contributed by atoms with Crippen molar-refractivity contribution in [3.63, 3.8) is 0 Å². The highest BCUT2D eigenvalue weighted by atomic mass is 14.4. The lowest BCUT2D eigenvalue weighted by Gasteiger charge is -2.33. The number of rotatable bonds is 4. The fourth-order valence-electron chi connectivity index (χ4n) is 6.05. The molecule has 0 aromatic carbocycles. The van der Waals surface area contributed by atoms with E-state index < -0.39 is 0 Å². The molecule has 6 unspecified atom stereocenters. The van der Waals surface area contributed by atoms with Crippen molar-refractivity contribution in [1.82, 2.24) is 0 Å². The van der Waals surface area contributed by atoms with E-state index in [0.29, 0.717) is 0 Å². The molecule has 0 spiro atoms. The second-order valence-electron chi connectivity index (χ2n) is 10.7. The highest BCUT2D eigenvalue weighted by Crippen LogP contribution is 2.41. The Labute approximate surface area is 171 Å². The predicted octanol–water partition coefficient (Wildman–Crippen LogP) is 8.97. The molecule has 6 atom stereocenters. The third-order valence-corrected chi connectivity index (χ3v) is 7.98. The van der Waals surface area contributed by atoms with E-state index in [9.17, 15) is 0 Å². The molecular weight excluding hydrogens is 324 g/mol. The van der Waals surface area contributed by atoms with Crippen LogP contribution in [-0.4, -0.2) is 0 Å². The van der Waals surface area contributed by atoms with E-state index in [-0.39, 0.29) is 0 Å². The molecule has 2 rings (SSSR count). The first-order valence-corrected chi connectivity index (χ1v) is 12.2. The number of fused-ring (bicyclic) bond motifs is 1. The molecule has 0 amide bonds. The minimum atomic E-state index is 0.869. The normalized spacial score (nSPS) is 38.5. The molecule has 0 saturated heterocycles. The highest BCUT2D eigenvalue weighted by Gasteiger charge is 2.30. The maximum atomic E-state index is 4.10. The molecule has 0 heteroatoms. The molecular formula is C27H48. The summed E-state index contributed by atoms with van der Waals surface area (Å²) in [7, 11) is 0. The Kier molecular flexibility index (Phi) is 9.67. The van der Waals surface area contributed by atoms with Gasteiger partial charge in [0.2, 0.25) is 0 Å². The summed E-state index contributed by atoms with van der Waals surface area (Å²) >= 11 is 0. The molecule has 0 radical (unpaired) electrons. The largest absolute Gasteiger partial charge is 0.100 e. The van der Waals surface area contributed by atoms with Crippen LogP contribution in [0.25, 0.3) is 0 Å². The smallest absolute Gasteiger partial charge is 0.0297 e. The van der Waals surface area contributed by atoms with Crippen molar-refractivity contribution >= 4 is 0 Å². The third-order valence-electron chi connectivity index (χ3n) is 7.98. The quantitative estimate of drug-likeness (QED) is 0.432. The molecule has 0 aromatic rings. The summed E-state index contributed by atoms with van der Waals surface area (Å²) in [6.45, 7) is 16.3. The van der Waals surface area contributed by atoms with E-state index in [1.807, 2.05) is 0 Å². The topological polar surface area (TPSA) is 0 Å². The lowest BCUT2D eigenvalue weighted by Crippen LogP contribution is -2.23. The van der Waals surface area contributed by atoms with Gasteiger partial charge in [-0.1, -0.05) is 70.1 Å². The van der Waals surface area contributed by atoms with Crippen molar-refractivity contribution in [3.8, 4) is 0 Å². The standard InChI is InChI=1S/C27H48/c1-20(2)9-7-10-25-11-8-12-26-17-14-22(4)19-21(3)13-15-24(6)27(26)18-16-23(25)5/h14,21,23-27H,1,7-13,15-19H2,2-6H3/b22-14+. The monoisotopic (exact) mass is 372 g/mol. The second kappa shape index (κ2) is 11.5. The summed E-state index contributed by atoms with van der Waals surface area (Å²) in [6.07, 6.45) is 19.5. The van der Waals surface area contributed by atoms with Gasteiger partial charge in [0, 0.05) is 0 Å². The third kappa shape index (κ3) is 7.78. The van der Waals surface area contributed by atoms with Gasteiger partial charge in [-0.25, -0.2) is 0 Å². The van der Waals surface area contributed by atoms with Gasteiger partial charge in [-0.15, -0.1) is 6.58 Å². The maximum Gasteiger partial charge on any atom is -0.0297 e. The Balaban J connectivity index is 2.04. The van der Waals surface area contributed by atoms with E-state index >= 15 is 0 Å². The van der Waals surface area contributed by atoms with Gasteiger partial charge in [-0.3, -0.25) is 0 Å². The number of hydrogen-bond donors (Lipinski definition) is 0. The molecule has 27 heavy (non-hydrogen) atoms. The van der Waals surface area contributed by atoms with E-state index in [0.717, 1.165) is 35.5 Å². The van der Waals surface area contributed by atoms with E-state index in [1.54, 1.807) is 5.57 Å². The van der Waals surface area contributed by atoms with Crippen LogP contribution in [0, 0.1) is 35.5 Å². The van der Waals surface area contributed by atoms with Crippen molar-refractivity contribution < 1.29 is 0 Å². The summed E-state index contributed by atoms with van der Waals surface area (Å²) in [5.74, 6) is 5.53. The molecule has 0 heterocycles. The number of hydrogen-bond acceptors (Lipinski definition) is 0. The molecule has 0 nitrogen and oxygen atoms in total. The molecule has 0 aromatic heterocycles. The Morgan fingerprint density at radius 1 is 1.00 bits per heavy atom. The van der Waals surface area contributed by atoms with Gasteiger partial charge in [0.15, 0.2) is 0 Å². The van der Waals surface area contributed by atoms with E-state index in [1.165, 1.54) is 82.6 Å². The lowest BCUT2D eigenvalue weighted by molar-refractivity contribution is 0.184. The Bertz CT molecular complexity index is 470. The molecule has 0 N–H and O–H groups in total. The van der Waals surface area contributed by atoms with Crippen LogP contribution in [0.15, 0.2) is 23.8 Å². The van der Waals surface area contributed by atoms with Crippen molar-refractivity contribution in [2.75, 3.05) is 0 Å². The highest BCUT2D eigenvalue weighted by molar-refractivity contribution is 5.01. The van der Waals surface area contributed by atoms with Crippen LogP contribution in [0.1, 0.15) is 112 Å². The van der Waals surface area contributed by atoms with Gasteiger partial charge in [-0.2, -0.15) is 0 Å². The molecule has 1 saturated carbocycles. The fourth-order valence-corrected chi connectivity index (χ4v) is 6.05. The maximum absolute atomic E-state index is 4.10. The average molecular weight is 373 g/mol. The zero-order valence-corrected chi connectivity index (χ0v) is 19.2. The predicted molar refractivity (Wildman–Crippen MR) is 122 cm³/mol. The van der Waals surface area contributed by atoms with Crippen LogP contribution in [0.3, 0.4) is 0 Å². The molecule has 0 aliphatic heterocycles. The minimum Gasteiger partial charge on any atom is -0.100 e. The first kappa shape index (κ1) is 22.8. The first-order chi connectivity index (χ1) is 12.9. The van der Waals surface area contributed by atoms with Crippen LogP contribution in [0.2, 0.25) is 0 Å². The molecule has 2 aliphatic carbocycles. The van der Waals surface area contributed by atoms with Crippen molar-refractivity contribution in [1.29, 1.82) is 0 Å². The van der Waals surface area contributed by atoms with Crippen LogP contribution in [-0.2, 0) is 0 Å². The van der Waals surface area contributed by atoms with Gasteiger partial charge >= 0.3 is 0 Å². The van der Waals surface area contributed by atoms with Gasteiger partial charge in [0.05, 0.1) is 0 Å². The molecule has 0 bridgehead atoms. The zero-order valence-electron chi connectivity index (χ0n) is 19.2. The van der Waals surface area contributed by atoms with Crippen molar-refractivity contribution in [2.24, 2.45) is 35.5 Å². The van der Waals surface area contributed by atoms with E-state index in [2.05, 4.69) is 47.3 Å². The summed E-state index contributed by atoms with van der Waals surface area (Å²) < 4.78 is 0. The van der Waals surface area contributed by atoms with Crippen molar-refractivity contribution in [2.45, 2.75) is 112 Å². The van der Waals surface area contributed by atoms with Gasteiger partial charge < -0.3 is 0 Å².